The number of carbonyl (C=O) groups excluding carboxylic acids is 1. The third-order valence-electron chi connectivity index (χ3n) is 4.99. The van der Waals surface area contributed by atoms with Crippen molar-refractivity contribution in [1.29, 1.82) is 0 Å². The van der Waals surface area contributed by atoms with Crippen LogP contribution in [0.4, 0.5) is 33.3 Å². The smallest absolute Gasteiger partial charge is 0.340 e. The fraction of sp³-hybridized carbons (Fsp3) is 0.238. The van der Waals surface area contributed by atoms with Gasteiger partial charge in [0.2, 0.25) is 11.9 Å². The number of hydrogen-bond acceptors (Lipinski definition) is 10. The third-order valence-corrected chi connectivity index (χ3v) is 4.99. The largest absolute Gasteiger partial charge is 0.454 e. The summed E-state index contributed by atoms with van der Waals surface area (Å²) in [6.45, 7) is 1.17. The summed E-state index contributed by atoms with van der Waals surface area (Å²) in [6, 6.07) is 9.67. The van der Waals surface area contributed by atoms with Crippen LogP contribution >= 0.6 is 0 Å². The Morgan fingerprint density at radius 1 is 1.15 bits per heavy atom. The first-order valence-electron chi connectivity index (χ1n) is 10.1. The number of nitro groups is 1. The molecule has 11 nitrogen and oxygen atoms in total. The number of nitrogens with one attached hydrogen (secondary N) is 1. The van der Waals surface area contributed by atoms with Crippen LogP contribution in [-0.2, 0) is 11.3 Å². The molecule has 0 unspecified atom stereocenters. The quantitative estimate of drug-likeness (QED) is 0.310. The van der Waals surface area contributed by atoms with Gasteiger partial charge >= 0.3 is 5.97 Å². The fourth-order valence-corrected chi connectivity index (χ4v) is 3.46. The molecule has 1 aromatic heterocycles. The number of nitrogen functional groups attached to an aromatic ring is 1. The maximum absolute atomic E-state index is 13.1. The van der Waals surface area contributed by atoms with Gasteiger partial charge in [-0.3, -0.25) is 10.1 Å². The molecule has 0 bridgehead atoms. The Hall–Kier alpha value is -4.35. The topological polar surface area (TPSA) is 149 Å². The summed E-state index contributed by atoms with van der Waals surface area (Å²) in [5.74, 6) is -1.07. The number of esters is 1. The number of anilines is 4. The molecule has 0 radical (unpaired) electrons. The van der Waals surface area contributed by atoms with Crippen LogP contribution in [0.15, 0.2) is 42.5 Å². The zero-order valence-electron chi connectivity index (χ0n) is 17.4. The molecule has 0 spiro atoms. The minimum absolute atomic E-state index is 0.0774. The fourth-order valence-electron chi connectivity index (χ4n) is 3.46. The van der Waals surface area contributed by atoms with E-state index in [9.17, 15) is 19.3 Å². The Labute approximate surface area is 187 Å². The van der Waals surface area contributed by atoms with Gasteiger partial charge < -0.3 is 20.7 Å². The Bertz CT molecular complexity index is 1180. The van der Waals surface area contributed by atoms with Crippen LogP contribution in [0, 0.1) is 15.9 Å². The summed E-state index contributed by atoms with van der Waals surface area (Å²) in [5.41, 5.74) is 6.72. The van der Waals surface area contributed by atoms with E-state index in [0.717, 1.165) is 25.9 Å². The Morgan fingerprint density at radius 2 is 1.88 bits per heavy atom. The Morgan fingerprint density at radius 3 is 2.58 bits per heavy atom. The number of non-ortho nitro benzene ring substituents is 1. The first-order chi connectivity index (χ1) is 15.9. The van der Waals surface area contributed by atoms with E-state index in [1.165, 1.54) is 36.4 Å². The molecule has 0 atom stereocenters. The Balaban J connectivity index is 1.51. The van der Waals surface area contributed by atoms with Gasteiger partial charge in [-0.1, -0.05) is 0 Å². The molecule has 1 aliphatic heterocycles. The summed E-state index contributed by atoms with van der Waals surface area (Å²) in [7, 11) is 0. The average Bonchev–Trinajstić information content (AvgIpc) is 3.33. The van der Waals surface area contributed by atoms with Crippen molar-refractivity contribution in [3.05, 3.63) is 69.8 Å². The van der Waals surface area contributed by atoms with Crippen molar-refractivity contribution in [2.45, 2.75) is 19.4 Å². The van der Waals surface area contributed by atoms with Crippen LogP contribution in [0.3, 0.4) is 0 Å². The maximum atomic E-state index is 13.1. The van der Waals surface area contributed by atoms with Gasteiger partial charge in [-0.05, 0) is 43.2 Å². The van der Waals surface area contributed by atoms with Gasteiger partial charge in [0.15, 0.2) is 12.4 Å². The lowest BCUT2D eigenvalue weighted by Crippen LogP contribution is -2.21. The number of halogens is 1. The molecule has 12 heteroatoms. The molecular weight excluding hydrogens is 433 g/mol. The van der Waals surface area contributed by atoms with Crippen molar-refractivity contribution < 1.29 is 18.8 Å². The molecule has 33 heavy (non-hydrogen) atoms. The number of hydrogen-bond donors (Lipinski definition) is 2. The number of nitro benzene ring substituents is 1. The van der Waals surface area contributed by atoms with E-state index in [4.69, 9.17) is 10.5 Å². The molecule has 3 N–H and O–H groups in total. The minimum atomic E-state index is -0.743. The van der Waals surface area contributed by atoms with Gasteiger partial charge in [-0.2, -0.15) is 15.0 Å². The summed E-state index contributed by atoms with van der Waals surface area (Å²) in [4.78, 5) is 37.6. The highest BCUT2D eigenvalue weighted by molar-refractivity contribution is 5.96. The summed E-state index contributed by atoms with van der Waals surface area (Å²) >= 11 is 0. The molecule has 4 rings (SSSR count). The highest BCUT2D eigenvalue weighted by Gasteiger charge is 2.24. The molecule has 0 aliphatic carbocycles. The summed E-state index contributed by atoms with van der Waals surface area (Å²) in [6.07, 6.45) is 1.94. The standard InChI is InChI=1S/C21H20FN7O4/c22-13-3-5-14(6-4-13)24-21-26-18(25-20(23)27-21)12-33-19(30)16-11-15(29(31)32)7-8-17(16)28-9-1-2-10-28/h3-8,11H,1-2,9-10,12H2,(H3,23,24,25,26,27). The zero-order valence-corrected chi connectivity index (χ0v) is 17.4. The van der Waals surface area contributed by atoms with E-state index >= 15 is 0 Å². The number of nitrogens with two attached hydrogens (primary N) is 1. The third kappa shape index (κ3) is 5.29. The van der Waals surface area contributed by atoms with Crippen LogP contribution in [0.1, 0.15) is 29.0 Å². The molecule has 2 aromatic carbocycles. The predicted octanol–water partition coefficient (Wildman–Crippen LogP) is 3.20. The van der Waals surface area contributed by atoms with Crippen molar-refractivity contribution >= 4 is 34.9 Å². The lowest BCUT2D eigenvalue weighted by atomic mass is 10.1. The monoisotopic (exact) mass is 453 g/mol. The SMILES string of the molecule is Nc1nc(COC(=O)c2cc([N+](=O)[O-])ccc2N2CCCC2)nc(Nc2ccc(F)cc2)n1. The highest BCUT2D eigenvalue weighted by atomic mass is 19.1. The van der Waals surface area contributed by atoms with E-state index in [2.05, 4.69) is 20.3 Å². The van der Waals surface area contributed by atoms with Gasteiger partial charge in [0.25, 0.3) is 5.69 Å². The summed E-state index contributed by atoms with van der Waals surface area (Å²) < 4.78 is 18.4. The van der Waals surface area contributed by atoms with Crippen LogP contribution in [0.25, 0.3) is 0 Å². The second-order valence-corrected chi connectivity index (χ2v) is 7.29. The molecule has 2 heterocycles. The van der Waals surface area contributed by atoms with E-state index in [1.54, 1.807) is 6.07 Å². The first-order valence-corrected chi connectivity index (χ1v) is 10.1. The number of nitrogens with zero attached hydrogens (tertiary/aromatic N) is 5. The highest BCUT2D eigenvalue weighted by Crippen LogP contribution is 2.29. The predicted molar refractivity (Wildman–Crippen MR) is 118 cm³/mol. The molecule has 0 amide bonds. The number of carbonyl (C=O) groups is 1. The van der Waals surface area contributed by atoms with Crippen molar-refractivity contribution in [2.75, 3.05) is 29.0 Å². The van der Waals surface area contributed by atoms with Gasteiger partial charge in [0.05, 0.1) is 16.2 Å². The minimum Gasteiger partial charge on any atom is -0.454 e. The van der Waals surface area contributed by atoms with Crippen molar-refractivity contribution in [3.63, 3.8) is 0 Å². The van der Waals surface area contributed by atoms with Crippen molar-refractivity contribution in [2.24, 2.45) is 0 Å². The van der Waals surface area contributed by atoms with E-state index in [0.29, 0.717) is 11.4 Å². The molecule has 3 aromatic rings. The second-order valence-electron chi connectivity index (χ2n) is 7.29. The van der Waals surface area contributed by atoms with E-state index in [-0.39, 0.29) is 35.6 Å². The first kappa shape index (κ1) is 21.9. The number of rotatable bonds is 7. The summed E-state index contributed by atoms with van der Waals surface area (Å²) in [5, 5.41) is 14.1. The van der Waals surface area contributed by atoms with Crippen LogP contribution in [0.2, 0.25) is 0 Å². The van der Waals surface area contributed by atoms with Gasteiger partial charge in [-0.25, -0.2) is 9.18 Å². The number of ether oxygens (including phenoxy) is 1. The van der Waals surface area contributed by atoms with Crippen molar-refractivity contribution in [3.8, 4) is 0 Å². The molecular formula is C21H20FN7O4. The van der Waals surface area contributed by atoms with Crippen LogP contribution in [0.5, 0.6) is 0 Å². The lowest BCUT2D eigenvalue weighted by molar-refractivity contribution is -0.384. The van der Waals surface area contributed by atoms with Gasteiger partial charge in [-0.15, -0.1) is 0 Å². The second kappa shape index (κ2) is 9.42. The Kier molecular flexibility index (Phi) is 6.24. The molecule has 1 saturated heterocycles. The average molecular weight is 453 g/mol. The number of benzene rings is 2. The van der Waals surface area contributed by atoms with Gasteiger partial charge in [0.1, 0.15) is 5.82 Å². The van der Waals surface area contributed by atoms with Crippen LogP contribution in [-0.4, -0.2) is 38.9 Å². The molecule has 1 aliphatic rings. The zero-order chi connectivity index (χ0) is 23.4. The van der Waals surface area contributed by atoms with E-state index in [1.807, 2.05) is 4.90 Å². The number of aromatic nitrogens is 3. The van der Waals surface area contributed by atoms with Crippen LogP contribution < -0.4 is 16.0 Å². The maximum Gasteiger partial charge on any atom is 0.340 e. The van der Waals surface area contributed by atoms with Gasteiger partial charge in [0, 0.05) is 30.9 Å². The lowest BCUT2D eigenvalue weighted by Gasteiger charge is -2.20. The molecule has 170 valence electrons. The molecule has 1 fully saturated rings. The van der Waals surface area contributed by atoms with Crippen molar-refractivity contribution in [1.82, 2.24) is 15.0 Å². The normalized spacial score (nSPS) is 13.1. The van der Waals surface area contributed by atoms with E-state index < -0.39 is 16.7 Å². The molecule has 0 saturated carbocycles.